The maximum atomic E-state index is 11.3. The highest BCUT2D eigenvalue weighted by atomic mass is 16.6. The zero-order valence-corrected chi connectivity index (χ0v) is 9.41. The fourth-order valence-electron chi connectivity index (χ4n) is 1.09. The van der Waals surface area contributed by atoms with Gasteiger partial charge in [-0.2, -0.15) is 0 Å². The third kappa shape index (κ3) is 3.74. The van der Waals surface area contributed by atoms with Crippen molar-refractivity contribution in [3.63, 3.8) is 0 Å². The van der Waals surface area contributed by atoms with Crippen LogP contribution in [0.2, 0.25) is 0 Å². The molecule has 1 aromatic carbocycles. The Morgan fingerprint density at radius 3 is 2.33 bits per heavy atom. The van der Waals surface area contributed by atoms with E-state index >= 15 is 0 Å². The first-order chi connectivity index (χ1) is 8.40. The molecule has 1 aromatic rings. The van der Waals surface area contributed by atoms with E-state index < -0.39 is 23.0 Å². The number of urea groups is 1. The lowest BCUT2D eigenvalue weighted by atomic mass is 10.3. The zero-order valence-electron chi connectivity index (χ0n) is 9.41. The van der Waals surface area contributed by atoms with Crippen LogP contribution in [-0.2, 0) is 4.79 Å². The molecule has 0 bridgehead atoms. The molecule has 0 aliphatic heterocycles. The van der Waals surface area contributed by atoms with Gasteiger partial charge < -0.3 is 15.7 Å². The minimum absolute atomic E-state index is 0.0973. The predicted octanol–water partition coefficient (Wildman–Crippen LogP) is 1.19. The fraction of sp³-hybridized carbons (Fsp3) is 0.200. The summed E-state index contributed by atoms with van der Waals surface area (Å²) >= 11 is 0. The smallest absolute Gasteiger partial charge is 0.325 e. The molecule has 1 rings (SSSR count). The molecule has 0 aromatic heterocycles. The molecule has 0 unspecified atom stereocenters. The molecule has 0 fully saturated rings. The maximum Gasteiger partial charge on any atom is 0.325 e. The van der Waals surface area contributed by atoms with Crippen LogP contribution in [-0.4, -0.2) is 28.1 Å². The Labute approximate surface area is 102 Å². The van der Waals surface area contributed by atoms with Gasteiger partial charge in [0.05, 0.1) is 4.92 Å². The number of carbonyl (C=O) groups is 2. The van der Waals surface area contributed by atoms with Crippen molar-refractivity contribution in [1.82, 2.24) is 5.32 Å². The van der Waals surface area contributed by atoms with Gasteiger partial charge in [0.15, 0.2) is 0 Å². The number of anilines is 1. The van der Waals surface area contributed by atoms with Crippen molar-refractivity contribution in [3.05, 3.63) is 34.4 Å². The Balaban J connectivity index is 2.60. The summed E-state index contributed by atoms with van der Waals surface area (Å²) in [6.07, 6.45) is 0. The van der Waals surface area contributed by atoms with Gasteiger partial charge in [-0.3, -0.25) is 14.9 Å². The molecule has 8 nitrogen and oxygen atoms in total. The van der Waals surface area contributed by atoms with Gasteiger partial charge in [-0.1, -0.05) is 0 Å². The van der Waals surface area contributed by atoms with Crippen LogP contribution in [0.1, 0.15) is 6.92 Å². The highest BCUT2D eigenvalue weighted by molar-refractivity contribution is 5.92. The number of rotatable bonds is 4. The summed E-state index contributed by atoms with van der Waals surface area (Å²) in [4.78, 5) is 31.7. The van der Waals surface area contributed by atoms with Crippen LogP contribution in [0.3, 0.4) is 0 Å². The summed E-state index contributed by atoms with van der Waals surface area (Å²) in [5.74, 6) is -1.16. The largest absolute Gasteiger partial charge is 0.480 e. The number of nitrogens with zero attached hydrogens (tertiary/aromatic N) is 1. The van der Waals surface area contributed by atoms with Gasteiger partial charge in [-0.25, -0.2) is 4.79 Å². The van der Waals surface area contributed by atoms with Gasteiger partial charge >= 0.3 is 12.0 Å². The summed E-state index contributed by atoms with van der Waals surface area (Å²) in [7, 11) is 0. The van der Waals surface area contributed by atoms with E-state index in [1.807, 2.05) is 0 Å². The van der Waals surface area contributed by atoms with Crippen LogP contribution in [0.15, 0.2) is 24.3 Å². The molecule has 0 saturated carbocycles. The van der Waals surface area contributed by atoms with Gasteiger partial charge in [-0.05, 0) is 19.1 Å². The number of non-ortho nitro benzene ring substituents is 1. The van der Waals surface area contributed by atoms with Crippen molar-refractivity contribution in [1.29, 1.82) is 0 Å². The van der Waals surface area contributed by atoms with E-state index in [4.69, 9.17) is 5.11 Å². The average Bonchev–Trinajstić information content (AvgIpc) is 2.29. The van der Waals surface area contributed by atoms with E-state index in [1.165, 1.54) is 31.2 Å². The normalized spacial score (nSPS) is 11.4. The molecule has 2 amide bonds. The number of carboxylic acid groups (broad SMARTS) is 1. The summed E-state index contributed by atoms with van der Waals surface area (Å²) in [5.41, 5.74) is 0.232. The van der Waals surface area contributed by atoms with Gasteiger partial charge in [0.25, 0.3) is 5.69 Å². The molecule has 8 heteroatoms. The zero-order chi connectivity index (χ0) is 13.7. The molecule has 0 spiro atoms. The molecule has 0 aliphatic carbocycles. The Kier molecular flexibility index (Phi) is 4.19. The second-order valence-electron chi connectivity index (χ2n) is 3.46. The molecule has 0 radical (unpaired) electrons. The number of nitro groups is 1. The van der Waals surface area contributed by atoms with E-state index in [1.54, 1.807) is 0 Å². The highest BCUT2D eigenvalue weighted by Gasteiger charge is 2.14. The molecular weight excluding hydrogens is 242 g/mol. The predicted molar refractivity (Wildman–Crippen MR) is 62.3 cm³/mol. The van der Waals surface area contributed by atoms with Crippen LogP contribution < -0.4 is 10.6 Å². The van der Waals surface area contributed by atoms with E-state index in [2.05, 4.69) is 10.6 Å². The minimum Gasteiger partial charge on any atom is -0.480 e. The third-order valence-corrected chi connectivity index (χ3v) is 2.05. The molecule has 0 aliphatic rings. The first-order valence-electron chi connectivity index (χ1n) is 4.95. The number of benzene rings is 1. The molecule has 1 atom stereocenters. The van der Waals surface area contributed by atoms with E-state index in [0.717, 1.165) is 0 Å². The standard InChI is InChI=1S/C10H11N3O5/c1-6(9(14)15)11-10(16)12-7-2-4-8(5-3-7)13(17)18/h2-6H,1H3,(H,14,15)(H2,11,12,16)/t6-/m0/s1. The minimum atomic E-state index is -1.16. The average molecular weight is 253 g/mol. The summed E-state index contributed by atoms with van der Waals surface area (Å²) in [6.45, 7) is 1.32. The number of hydrogen-bond acceptors (Lipinski definition) is 4. The first-order valence-corrected chi connectivity index (χ1v) is 4.95. The Morgan fingerprint density at radius 2 is 1.89 bits per heavy atom. The molecule has 96 valence electrons. The van der Waals surface area contributed by atoms with Crippen molar-refractivity contribution in [2.24, 2.45) is 0 Å². The Morgan fingerprint density at radius 1 is 1.33 bits per heavy atom. The highest BCUT2D eigenvalue weighted by Crippen LogP contribution is 2.15. The van der Waals surface area contributed by atoms with Crippen molar-refractivity contribution < 1.29 is 19.6 Å². The number of aliphatic carboxylic acids is 1. The number of nitro benzene ring substituents is 1. The monoisotopic (exact) mass is 253 g/mol. The lowest BCUT2D eigenvalue weighted by Gasteiger charge is -2.10. The topological polar surface area (TPSA) is 122 Å². The van der Waals surface area contributed by atoms with Crippen LogP contribution in [0.5, 0.6) is 0 Å². The molecule has 3 N–H and O–H groups in total. The summed E-state index contributed by atoms with van der Waals surface area (Å²) < 4.78 is 0. The van der Waals surface area contributed by atoms with Crippen LogP contribution in [0, 0.1) is 10.1 Å². The first kappa shape index (κ1) is 13.4. The lowest BCUT2D eigenvalue weighted by Crippen LogP contribution is -2.40. The molecule has 18 heavy (non-hydrogen) atoms. The number of nitrogens with one attached hydrogen (secondary N) is 2. The molecule has 0 heterocycles. The number of carboxylic acids is 1. The Bertz CT molecular complexity index is 471. The summed E-state index contributed by atoms with van der Waals surface area (Å²) in [5, 5.41) is 23.5. The van der Waals surface area contributed by atoms with Crippen LogP contribution >= 0.6 is 0 Å². The van der Waals surface area contributed by atoms with Crippen molar-refractivity contribution in [3.8, 4) is 0 Å². The lowest BCUT2D eigenvalue weighted by molar-refractivity contribution is -0.384. The van der Waals surface area contributed by atoms with Gasteiger partial charge in [-0.15, -0.1) is 0 Å². The van der Waals surface area contributed by atoms with E-state index in [0.29, 0.717) is 5.69 Å². The van der Waals surface area contributed by atoms with Crippen molar-refractivity contribution >= 4 is 23.4 Å². The third-order valence-electron chi connectivity index (χ3n) is 2.05. The number of carbonyl (C=O) groups excluding carboxylic acids is 1. The number of hydrogen-bond donors (Lipinski definition) is 3. The SMILES string of the molecule is C[C@H](NC(=O)Nc1ccc([N+](=O)[O-])cc1)C(=O)O. The Hall–Kier alpha value is -2.64. The maximum absolute atomic E-state index is 11.3. The van der Waals surface area contributed by atoms with E-state index in [9.17, 15) is 19.7 Å². The van der Waals surface area contributed by atoms with Crippen molar-refractivity contribution in [2.75, 3.05) is 5.32 Å². The molecular formula is C10H11N3O5. The quantitative estimate of drug-likeness (QED) is 0.549. The number of amides is 2. The fourth-order valence-corrected chi connectivity index (χ4v) is 1.09. The van der Waals surface area contributed by atoms with Crippen molar-refractivity contribution in [2.45, 2.75) is 13.0 Å². The summed E-state index contributed by atoms with van der Waals surface area (Å²) in [6, 6.07) is 3.44. The second-order valence-corrected chi connectivity index (χ2v) is 3.46. The molecule has 0 saturated heterocycles. The van der Waals surface area contributed by atoms with E-state index in [-0.39, 0.29) is 5.69 Å². The van der Waals surface area contributed by atoms with Gasteiger partial charge in [0, 0.05) is 17.8 Å². The van der Waals surface area contributed by atoms with Gasteiger partial charge in [0.1, 0.15) is 6.04 Å². The van der Waals surface area contributed by atoms with Crippen LogP contribution in [0.4, 0.5) is 16.2 Å². The van der Waals surface area contributed by atoms with Gasteiger partial charge in [0.2, 0.25) is 0 Å². The second kappa shape index (κ2) is 5.62. The van der Waals surface area contributed by atoms with Crippen LogP contribution in [0.25, 0.3) is 0 Å².